The maximum atomic E-state index is 12.8. The number of carbonyl (C=O) groups excluding carboxylic acids is 1. The number of ketones is 1. The Bertz CT molecular complexity index is 858. The summed E-state index contributed by atoms with van der Waals surface area (Å²) in [6.07, 6.45) is 1.75. The standard InChI is InChI=1S/C21H25NO5/c1-6-27-18-12-14(7-9-16(18)22)19(23)13(2)11-15-8-10-17(24-3)21(26-5)20(15)25-4/h7-12H,6,22H2,1-5H3/b13-11+. The number of nitrogens with two attached hydrogens (primary N) is 1. The molecule has 6 heteroatoms. The van der Waals surface area contributed by atoms with Gasteiger partial charge in [0.15, 0.2) is 17.3 Å². The number of nitrogen functional groups attached to an aromatic ring is 1. The minimum atomic E-state index is -0.132. The van der Waals surface area contributed by atoms with Crippen molar-refractivity contribution in [3.63, 3.8) is 0 Å². The number of benzene rings is 2. The minimum Gasteiger partial charge on any atom is -0.493 e. The molecule has 0 amide bonds. The molecule has 0 spiro atoms. The third kappa shape index (κ3) is 4.34. The zero-order valence-corrected chi connectivity index (χ0v) is 16.3. The highest BCUT2D eigenvalue weighted by Gasteiger charge is 2.17. The predicted octanol–water partition coefficient (Wildman–Crippen LogP) is 3.98. The molecule has 0 aromatic heterocycles. The first kappa shape index (κ1) is 20.2. The van der Waals surface area contributed by atoms with E-state index in [-0.39, 0.29) is 5.78 Å². The summed E-state index contributed by atoms with van der Waals surface area (Å²) >= 11 is 0. The molecule has 0 saturated carbocycles. The lowest BCUT2D eigenvalue weighted by molar-refractivity contribution is 0.103. The van der Waals surface area contributed by atoms with Gasteiger partial charge in [-0.25, -0.2) is 0 Å². The Balaban J connectivity index is 2.42. The van der Waals surface area contributed by atoms with Crippen molar-refractivity contribution in [3.8, 4) is 23.0 Å². The van der Waals surface area contributed by atoms with E-state index in [2.05, 4.69) is 0 Å². The average molecular weight is 371 g/mol. The molecule has 0 atom stereocenters. The van der Waals surface area contributed by atoms with Crippen molar-refractivity contribution in [2.24, 2.45) is 0 Å². The van der Waals surface area contributed by atoms with Gasteiger partial charge in [0.05, 0.1) is 33.6 Å². The first-order valence-electron chi connectivity index (χ1n) is 8.51. The molecule has 2 rings (SSSR count). The Morgan fingerprint density at radius 3 is 2.30 bits per heavy atom. The molecule has 0 heterocycles. The van der Waals surface area contributed by atoms with Crippen LogP contribution in [0, 0.1) is 0 Å². The maximum Gasteiger partial charge on any atom is 0.203 e. The van der Waals surface area contributed by atoms with E-state index < -0.39 is 0 Å². The van der Waals surface area contributed by atoms with Gasteiger partial charge in [-0.3, -0.25) is 4.79 Å². The van der Waals surface area contributed by atoms with Crippen molar-refractivity contribution >= 4 is 17.5 Å². The lowest BCUT2D eigenvalue weighted by Crippen LogP contribution is -2.04. The summed E-state index contributed by atoms with van der Waals surface area (Å²) in [5, 5.41) is 0. The molecule has 2 aromatic rings. The number of anilines is 1. The normalized spacial score (nSPS) is 11.1. The third-order valence-corrected chi connectivity index (χ3v) is 4.04. The van der Waals surface area contributed by atoms with E-state index in [0.29, 0.717) is 52.0 Å². The zero-order chi connectivity index (χ0) is 20.0. The molecule has 144 valence electrons. The molecule has 0 bridgehead atoms. The Morgan fingerprint density at radius 2 is 1.70 bits per heavy atom. The summed E-state index contributed by atoms with van der Waals surface area (Å²) in [4.78, 5) is 12.8. The van der Waals surface area contributed by atoms with Gasteiger partial charge in [0.1, 0.15) is 5.75 Å². The van der Waals surface area contributed by atoms with Crippen LogP contribution >= 0.6 is 0 Å². The van der Waals surface area contributed by atoms with Gasteiger partial charge in [-0.15, -0.1) is 0 Å². The van der Waals surface area contributed by atoms with Crippen LogP contribution in [0.25, 0.3) is 6.08 Å². The first-order valence-corrected chi connectivity index (χ1v) is 8.51. The fourth-order valence-corrected chi connectivity index (χ4v) is 2.72. The summed E-state index contributed by atoms with van der Waals surface area (Å²) in [5.74, 6) is 1.89. The molecule has 0 aliphatic carbocycles. The second-order valence-corrected chi connectivity index (χ2v) is 5.77. The van der Waals surface area contributed by atoms with Crippen LogP contribution in [0.2, 0.25) is 0 Å². The average Bonchev–Trinajstić information content (AvgIpc) is 2.68. The Kier molecular flexibility index (Phi) is 6.71. The van der Waals surface area contributed by atoms with E-state index in [1.807, 2.05) is 13.0 Å². The number of allylic oxidation sites excluding steroid dienone is 1. The second-order valence-electron chi connectivity index (χ2n) is 5.77. The summed E-state index contributed by atoms with van der Waals surface area (Å²) < 4.78 is 21.6. The number of Topliss-reactive ketones (excluding diaryl/α,β-unsaturated/α-hetero) is 1. The van der Waals surface area contributed by atoms with Crippen LogP contribution in [0.1, 0.15) is 29.8 Å². The van der Waals surface area contributed by atoms with Crippen LogP contribution in [0.15, 0.2) is 35.9 Å². The monoisotopic (exact) mass is 371 g/mol. The maximum absolute atomic E-state index is 12.8. The van der Waals surface area contributed by atoms with Crippen LogP contribution in [0.3, 0.4) is 0 Å². The minimum absolute atomic E-state index is 0.132. The predicted molar refractivity (Wildman–Crippen MR) is 106 cm³/mol. The fraction of sp³-hybridized carbons (Fsp3) is 0.286. The lowest BCUT2D eigenvalue weighted by Gasteiger charge is -2.14. The van der Waals surface area contributed by atoms with Gasteiger partial charge in [-0.2, -0.15) is 0 Å². The van der Waals surface area contributed by atoms with Crippen LogP contribution in [0.4, 0.5) is 5.69 Å². The SMILES string of the molecule is CCOc1cc(C(=O)/C(C)=C/c2ccc(OC)c(OC)c2OC)ccc1N. The van der Waals surface area contributed by atoms with Gasteiger partial charge in [0, 0.05) is 11.1 Å². The lowest BCUT2D eigenvalue weighted by atomic mass is 10.0. The highest BCUT2D eigenvalue weighted by atomic mass is 16.5. The Labute approximate surface area is 159 Å². The van der Waals surface area contributed by atoms with Gasteiger partial charge in [-0.05, 0) is 55.8 Å². The number of ether oxygens (including phenoxy) is 4. The molecule has 0 saturated heterocycles. The van der Waals surface area contributed by atoms with Crippen molar-refractivity contribution in [1.29, 1.82) is 0 Å². The van der Waals surface area contributed by atoms with E-state index in [0.717, 1.165) is 0 Å². The molecular weight excluding hydrogens is 346 g/mol. The summed E-state index contributed by atoms with van der Waals surface area (Å²) in [6.45, 7) is 4.08. The number of methoxy groups -OCH3 is 3. The quantitative estimate of drug-likeness (QED) is 0.429. The van der Waals surface area contributed by atoms with E-state index >= 15 is 0 Å². The van der Waals surface area contributed by atoms with Gasteiger partial charge >= 0.3 is 0 Å². The highest BCUT2D eigenvalue weighted by molar-refractivity contribution is 6.11. The Morgan fingerprint density at radius 1 is 1.00 bits per heavy atom. The van der Waals surface area contributed by atoms with E-state index in [9.17, 15) is 4.79 Å². The molecule has 0 fully saturated rings. The second kappa shape index (κ2) is 8.98. The van der Waals surface area contributed by atoms with Gasteiger partial charge in [0.25, 0.3) is 0 Å². The summed E-state index contributed by atoms with van der Waals surface area (Å²) in [7, 11) is 4.63. The first-order chi connectivity index (χ1) is 13.0. The van der Waals surface area contributed by atoms with Crippen LogP contribution in [-0.2, 0) is 0 Å². The zero-order valence-electron chi connectivity index (χ0n) is 16.3. The largest absolute Gasteiger partial charge is 0.493 e. The van der Waals surface area contributed by atoms with Crippen LogP contribution in [0.5, 0.6) is 23.0 Å². The number of hydrogen-bond acceptors (Lipinski definition) is 6. The molecule has 6 nitrogen and oxygen atoms in total. The van der Waals surface area contributed by atoms with Crippen LogP contribution in [-0.4, -0.2) is 33.7 Å². The number of rotatable bonds is 8. The number of carbonyl (C=O) groups is 1. The molecule has 0 aliphatic rings. The summed E-state index contributed by atoms with van der Waals surface area (Å²) in [5.41, 5.74) is 8.12. The fourth-order valence-electron chi connectivity index (χ4n) is 2.72. The van der Waals surface area contributed by atoms with Crippen molar-refractivity contribution in [2.75, 3.05) is 33.7 Å². The summed E-state index contributed by atoms with van der Waals surface area (Å²) in [6, 6.07) is 8.59. The molecule has 0 unspecified atom stereocenters. The molecule has 0 aliphatic heterocycles. The number of hydrogen-bond donors (Lipinski definition) is 1. The van der Waals surface area contributed by atoms with E-state index in [1.54, 1.807) is 51.5 Å². The Hall–Kier alpha value is -3.15. The van der Waals surface area contributed by atoms with E-state index in [4.69, 9.17) is 24.7 Å². The van der Waals surface area contributed by atoms with E-state index in [1.165, 1.54) is 7.11 Å². The van der Waals surface area contributed by atoms with Gasteiger partial charge in [-0.1, -0.05) is 0 Å². The third-order valence-electron chi connectivity index (χ3n) is 4.04. The molecule has 2 aromatic carbocycles. The smallest absolute Gasteiger partial charge is 0.203 e. The van der Waals surface area contributed by atoms with Gasteiger partial charge in [0.2, 0.25) is 5.75 Å². The van der Waals surface area contributed by atoms with Crippen molar-refractivity contribution in [2.45, 2.75) is 13.8 Å². The van der Waals surface area contributed by atoms with Crippen molar-refractivity contribution in [3.05, 3.63) is 47.0 Å². The van der Waals surface area contributed by atoms with Gasteiger partial charge < -0.3 is 24.7 Å². The molecule has 0 radical (unpaired) electrons. The van der Waals surface area contributed by atoms with Crippen molar-refractivity contribution in [1.82, 2.24) is 0 Å². The molecule has 27 heavy (non-hydrogen) atoms. The van der Waals surface area contributed by atoms with Crippen LogP contribution < -0.4 is 24.7 Å². The topological polar surface area (TPSA) is 80.0 Å². The van der Waals surface area contributed by atoms with Crippen molar-refractivity contribution < 1.29 is 23.7 Å². The molecule has 2 N–H and O–H groups in total. The highest BCUT2D eigenvalue weighted by Crippen LogP contribution is 2.40. The molecular formula is C21H25NO5.